The van der Waals surface area contributed by atoms with Gasteiger partial charge in [-0.3, -0.25) is 3.07 Å². The van der Waals surface area contributed by atoms with Crippen LogP contribution in [0.4, 0.5) is 0 Å². The normalized spacial score (nSPS) is 4.29. The van der Waals surface area contributed by atoms with Gasteiger partial charge in [0.1, 0.15) is 23.0 Å². The van der Waals surface area contributed by atoms with E-state index in [-0.39, 0.29) is 7.43 Å². The first-order valence-corrected chi connectivity index (χ1v) is 3.04. The van der Waals surface area contributed by atoms with E-state index >= 15 is 0 Å². The molecule has 0 aromatic rings. The summed E-state index contributed by atoms with van der Waals surface area (Å²) in [4.78, 5) is 0. The van der Waals surface area contributed by atoms with Crippen molar-refractivity contribution in [1.82, 2.24) is 0 Å². The van der Waals surface area contributed by atoms with Crippen molar-refractivity contribution in [2.45, 2.75) is 35.1 Å². The fourth-order valence-corrected chi connectivity index (χ4v) is 0. The Labute approximate surface area is 61.5 Å². The molecule has 0 saturated carbocycles. The van der Waals surface area contributed by atoms with Gasteiger partial charge in [0.15, 0.2) is 0 Å². The molecule has 0 aliphatic carbocycles. The van der Waals surface area contributed by atoms with Crippen molar-refractivity contribution < 1.29 is 3.07 Å². The van der Waals surface area contributed by atoms with Gasteiger partial charge in [-0.25, -0.2) is 0 Å². The fourth-order valence-electron chi connectivity index (χ4n) is 0. The van der Waals surface area contributed by atoms with E-state index in [0.29, 0.717) is 0 Å². The minimum Gasteiger partial charge on any atom is -0.274 e. The van der Waals surface area contributed by atoms with Gasteiger partial charge in [0.05, 0.1) is 0 Å². The summed E-state index contributed by atoms with van der Waals surface area (Å²) in [5, 5.41) is 0. The second kappa shape index (κ2) is 711. The Bertz CT molecular complexity index is 19.9. The maximum Gasteiger partial charge on any atom is 0.147 e. The molecule has 0 aliphatic rings. The molecule has 0 saturated heterocycles. The van der Waals surface area contributed by atoms with Crippen molar-refractivity contribution in [3.8, 4) is 0 Å². The average Bonchev–Trinajstić information content (AvgIpc) is 1.78. The van der Waals surface area contributed by atoms with Crippen LogP contribution in [0, 0.1) is 0 Å². The Morgan fingerprint density at radius 1 is 1.29 bits per heavy atom. The summed E-state index contributed by atoms with van der Waals surface area (Å²) < 4.78 is 14.5. The molecule has 7 heavy (non-hydrogen) atoms. The molecular weight excluding hydrogens is 203 g/mol. The molecule has 50 valence electrons. The molecule has 0 rings (SSSR count). The third kappa shape index (κ3) is 477. The van der Waals surface area contributed by atoms with Crippen molar-refractivity contribution in [3.05, 3.63) is 0 Å². The van der Waals surface area contributed by atoms with Crippen LogP contribution in [0.15, 0.2) is 0 Å². The molecule has 0 aromatic heterocycles. The first-order valence-electron chi connectivity index (χ1n) is 2.53. The summed E-state index contributed by atoms with van der Waals surface area (Å²) in [6, 6.07) is 0. The van der Waals surface area contributed by atoms with Crippen molar-refractivity contribution >= 4 is 22.4 Å². The maximum absolute atomic E-state index is 8.71. The van der Waals surface area contributed by atoms with Gasteiger partial charge >= 0.3 is 0 Å². The summed E-state index contributed by atoms with van der Waals surface area (Å²) in [6.07, 6.45) is 0. The molecule has 0 heterocycles. The van der Waals surface area contributed by atoms with Crippen LogP contribution in [0.3, 0.4) is 0 Å². The predicted molar refractivity (Wildman–Crippen MR) is 45.5 cm³/mol. The van der Waals surface area contributed by atoms with Crippen LogP contribution in [0.25, 0.3) is 0 Å². The van der Waals surface area contributed by atoms with Crippen LogP contribution in [-0.2, 0) is 3.07 Å². The highest BCUT2D eigenvalue weighted by Crippen LogP contribution is 1.15. The molecule has 0 unspecified atom stereocenters. The zero-order valence-electron chi connectivity index (χ0n) is 5.79. The molecular formula is C5H17IO. The first-order chi connectivity index (χ1) is 3.41. The Morgan fingerprint density at radius 3 is 1.29 bits per heavy atom. The summed E-state index contributed by atoms with van der Waals surface area (Å²) in [7, 11) is 0. The zero-order chi connectivity index (χ0) is 6.71. The van der Waals surface area contributed by atoms with E-state index in [0.717, 1.165) is 0 Å². The van der Waals surface area contributed by atoms with Crippen LogP contribution in [0.1, 0.15) is 35.1 Å². The van der Waals surface area contributed by atoms with Crippen molar-refractivity contribution in [2.75, 3.05) is 0 Å². The van der Waals surface area contributed by atoms with Crippen LogP contribution < -0.4 is 0 Å². The molecule has 0 bridgehead atoms. The van der Waals surface area contributed by atoms with Crippen molar-refractivity contribution in [3.63, 3.8) is 0 Å². The minimum atomic E-state index is -1.41. The monoisotopic (exact) mass is 222 g/mol. The Hall–Kier alpha value is 0.530. The zero-order valence-corrected chi connectivity index (χ0v) is 6.94. The van der Waals surface area contributed by atoms with Crippen LogP contribution in [0.2, 0.25) is 0 Å². The van der Waals surface area contributed by atoms with Gasteiger partial charge in [-0.05, 0) is 0 Å². The van der Waals surface area contributed by atoms with Crippen molar-refractivity contribution in [2.24, 2.45) is 0 Å². The van der Waals surface area contributed by atoms with Gasteiger partial charge in [0.2, 0.25) is 0 Å². The first kappa shape index (κ1) is 15.6. The van der Waals surface area contributed by atoms with Gasteiger partial charge in [-0.2, -0.15) is 0 Å². The molecule has 2 heteroatoms. The lowest BCUT2D eigenvalue weighted by molar-refractivity contribution is -1.000. The van der Waals surface area contributed by atoms with Gasteiger partial charge < -0.3 is 0 Å². The topological polar surface area (TPSA) is 17.1 Å². The van der Waals surface area contributed by atoms with E-state index in [1.54, 1.807) is 0 Å². The maximum atomic E-state index is 8.71. The molecule has 0 atom stereocenters. The van der Waals surface area contributed by atoms with Gasteiger partial charge in [-0.1, -0.05) is 35.1 Å². The Kier molecular flexibility index (Phi) is 1590. The quantitative estimate of drug-likeness (QED) is 0.575. The van der Waals surface area contributed by atoms with E-state index in [4.69, 9.17) is 3.66 Å². The number of halogens is 1. The average molecular weight is 222 g/mol. The van der Waals surface area contributed by atoms with Crippen LogP contribution in [0.5, 0.6) is 0 Å². The second-order valence-electron chi connectivity index (χ2n) is 0. The van der Waals surface area contributed by atoms with Gasteiger partial charge in [0, 0.05) is 0 Å². The van der Waals surface area contributed by atoms with E-state index in [1.165, 1.54) is 0 Å². The summed E-state index contributed by atoms with van der Waals surface area (Å²) in [5.41, 5.74) is 0. The van der Waals surface area contributed by atoms with E-state index in [2.05, 4.69) is 0 Å². The molecule has 0 aliphatic heterocycles. The second-order valence-corrected chi connectivity index (χ2v) is 0. The van der Waals surface area contributed by atoms with Crippen LogP contribution in [-0.4, -0.2) is 0.594 Å². The highest BCUT2D eigenvalue weighted by Gasteiger charge is 0.934. The summed E-state index contributed by atoms with van der Waals surface area (Å²) in [5.74, 6) is 0. The Balaban J connectivity index is -0.0000000147. The predicted octanol–water partition coefficient (Wildman–Crippen LogP) is 3.19. The number of hydrogen-bond donors (Lipinski definition) is 0. The third-order valence-electron chi connectivity index (χ3n) is 0. The largest absolute Gasteiger partial charge is 0.274 e. The highest BCUT2D eigenvalue weighted by atomic mass is 127. The molecule has 0 amide bonds. The molecule has 0 spiro atoms. The minimum absolute atomic E-state index is 0. The van der Waals surface area contributed by atoms with Gasteiger partial charge in [0.25, 0.3) is 0 Å². The lowest BCUT2D eigenvalue weighted by atomic mass is 11.0. The van der Waals surface area contributed by atoms with Crippen molar-refractivity contribution in [1.29, 1.82) is 0.594 Å². The molecule has 0 N–H and O–H groups in total. The number of hydrogen-bond acceptors (Lipinski definition) is 1. The van der Waals surface area contributed by atoms with Crippen LogP contribution >= 0.6 is 22.4 Å². The Morgan fingerprint density at radius 2 is 1.29 bits per heavy atom. The lowest BCUT2D eigenvalue weighted by Crippen LogP contribution is -3.44. The molecule has 1 nitrogen and oxygen atoms in total. The van der Waals surface area contributed by atoms with E-state index < -0.39 is 22.4 Å². The third-order valence-corrected chi connectivity index (χ3v) is 0. The number of rotatable bonds is 0. The fraction of sp³-hybridized carbons (Fsp3) is 1.00. The molecule has 0 aromatic carbocycles. The van der Waals surface area contributed by atoms with E-state index in [9.17, 15) is 0 Å². The summed E-state index contributed by atoms with van der Waals surface area (Å²) in [6.45, 7) is 8.00. The van der Waals surface area contributed by atoms with E-state index in [1.807, 2.05) is 27.7 Å². The molecule has 0 radical (unpaired) electrons. The SMILES string of the molecule is C.CC.CC.[3H]I=O. The molecule has 0 fully saturated rings. The smallest absolute Gasteiger partial charge is 0.147 e. The highest BCUT2D eigenvalue weighted by molar-refractivity contribution is 3.51. The standard InChI is InChI=1S/2C2H6.CH4.HIO/c2*1-2;;1-2/h2*1-2H3;1H4;1H/i;;;1T. The summed E-state index contributed by atoms with van der Waals surface area (Å²) >= 11 is -1.41. The van der Waals surface area contributed by atoms with Gasteiger partial charge in [-0.15, -0.1) is 0 Å². The lowest BCUT2D eigenvalue weighted by Gasteiger charge is -1.27.